The molecule has 1 aliphatic carbocycles. The van der Waals surface area contributed by atoms with Gasteiger partial charge in [-0.3, -0.25) is 4.98 Å². The number of benzene rings is 7. The molecule has 0 spiro atoms. The van der Waals surface area contributed by atoms with Gasteiger partial charge < -0.3 is 4.42 Å². The number of aromatic nitrogens is 2. The van der Waals surface area contributed by atoms with Gasteiger partial charge in [-0.2, -0.15) is 0 Å². The van der Waals surface area contributed by atoms with Crippen LogP contribution in [0.15, 0.2) is 150 Å². The number of hydrogen-bond acceptors (Lipinski definition) is 3. The summed E-state index contributed by atoms with van der Waals surface area (Å²) in [5.74, 6) is 0. The molecule has 3 heteroatoms. The van der Waals surface area contributed by atoms with Gasteiger partial charge in [0, 0.05) is 38.7 Å². The zero-order valence-corrected chi connectivity index (χ0v) is 27.7. The number of furan rings is 1. The fourth-order valence-electron chi connectivity index (χ4n) is 8.58. The highest BCUT2D eigenvalue weighted by Gasteiger charge is 2.36. The summed E-state index contributed by atoms with van der Waals surface area (Å²) in [4.78, 5) is 9.98. The van der Waals surface area contributed by atoms with Gasteiger partial charge in [-0.15, -0.1) is 0 Å². The molecule has 0 N–H and O–H groups in total. The Kier molecular flexibility index (Phi) is 5.45. The van der Waals surface area contributed by atoms with Crippen LogP contribution in [0.4, 0.5) is 0 Å². The van der Waals surface area contributed by atoms with E-state index in [-0.39, 0.29) is 5.41 Å². The Hall–Kier alpha value is -6.32. The van der Waals surface area contributed by atoms with Crippen molar-refractivity contribution >= 4 is 65.3 Å². The first-order chi connectivity index (χ1) is 24.5. The summed E-state index contributed by atoms with van der Waals surface area (Å²) >= 11 is 0. The van der Waals surface area contributed by atoms with Gasteiger partial charge in [0.25, 0.3) is 0 Å². The molecule has 0 fully saturated rings. The molecule has 0 saturated carbocycles. The van der Waals surface area contributed by atoms with E-state index in [0.717, 1.165) is 44.2 Å². The lowest BCUT2D eigenvalue weighted by atomic mass is 9.80. The van der Waals surface area contributed by atoms with Gasteiger partial charge in [0.1, 0.15) is 11.2 Å². The Labute approximate surface area is 288 Å². The minimum absolute atomic E-state index is 0.170. The highest BCUT2D eigenvalue weighted by molar-refractivity contribution is 6.18. The van der Waals surface area contributed by atoms with Crippen molar-refractivity contribution in [2.24, 2.45) is 0 Å². The van der Waals surface area contributed by atoms with Crippen LogP contribution in [-0.2, 0) is 5.41 Å². The quantitative estimate of drug-likeness (QED) is 0.177. The van der Waals surface area contributed by atoms with Gasteiger partial charge in [0.05, 0.1) is 16.7 Å². The van der Waals surface area contributed by atoms with Crippen molar-refractivity contribution in [1.29, 1.82) is 0 Å². The van der Waals surface area contributed by atoms with Crippen molar-refractivity contribution in [1.82, 2.24) is 9.97 Å². The Morgan fingerprint density at radius 3 is 2.12 bits per heavy atom. The summed E-state index contributed by atoms with van der Waals surface area (Å²) in [6.45, 7) is 4.71. The highest BCUT2D eigenvalue weighted by atomic mass is 16.3. The second-order valence-electron chi connectivity index (χ2n) is 14.2. The SMILES string of the molecule is CC1(C)c2cc(-c3ccc(-c4ccc5ccc6cccnc6c5n4)c4ccc5ccccc5c34)ccc2-c2cc3oc4ccccc4c3cc21. The second-order valence-corrected chi connectivity index (χ2v) is 14.2. The predicted molar refractivity (Wildman–Crippen MR) is 208 cm³/mol. The largest absolute Gasteiger partial charge is 0.456 e. The predicted octanol–water partition coefficient (Wildman–Crippen LogP) is 12.6. The molecule has 234 valence electrons. The first-order valence-electron chi connectivity index (χ1n) is 17.2. The maximum Gasteiger partial charge on any atom is 0.136 e. The number of para-hydroxylation sites is 1. The van der Waals surface area contributed by atoms with Crippen LogP contribution in [-0.4, -0.2) is 9.97 Å². The molecule has 3 nitrogen and oxygen atoms in total. The Balaban J connectivity index is 1.13. The van der Waals surface area contributed by atoms with Crippen molar-refractivity contribution in [2.75, 3.05) is 0 Å². The molecule has 0 unspecified atom stereocenters. The van der Waals surface area contributed by atoms with Crippen molar-refractivity contribution < 1.29 is 4.42 Å². The van der Waals surface area contributed by atoms with E-state index in [1.807, 2.05) is 18.3 Å². The molecule has 3 aromatic heterocycles. The molecule has 0 aliphatic heterocycles. The van der Waals surface area contributed by atoms with Crippen LogP contribution in [0.3, 0.4) is 0 Å². The minimum Gasteiger partial charge on any atom is -0.456 e. The normalized spacial score (nSPS) is 13.6. The molecule has 3 heterocycles. The number of fused-ring (bicyclic) bond motifs is 12. The monoisotopic (exact) mass is 638 g/mol. The molecular formula is C47H30N2O. The van der Waals surface area contributed by atoms with E-state index in [2.05, 4.69) is 141 Å². The molecule has 0 saturated heterocycles. The molecule has 1 aliphatic rings. The summed E-state index contributed by atoms with van der Waals surface area (Å²) in [6.07, 6.45) is 1.85. The van der Waals surface area contributed by atoms with Gasteiger partial charge in [0.15, 0.2) is 0 Å². The first-order valence-corrected chi connectivity index (χ1v) is 17.2. The Morgan fingerprint density at radius 1 is 0.480 bits per heavy atom. The molecule has 10 aromatic rings. The van der Waals surface area contributed by atoms with E-state index in [1.54, 1.807) is 0 Å². The van der Waals surface area contributed by atoms with Crippen LogP contribution >= 0.6 is 0 Å². The van der Waals surface area contributed by atoms with E-state index in [4.69, 9.17) is 14.4 Å². The summed E-state index contributed by atoms with van der Waals surface area (Å²) in [5.41, 5.74) is 13.3. The third-order valence-corrected chi connectivity index (χ3v) is 11.1. The zero-order valence-electron chi connectivity index (χ0n) is 27.7. The van der Waals surface area contributed by atoms with Gasteiger partial charge in [0.2, 0.25) is 0 Å². The molecule has 11 rings (SSSR count). The average molecular weight is 639 g/mol. The molecular weight excluding hydrogens is 609 g/mol. The third-order valence-electron chi connectivity index (χ3n) is 11.1. The fraction of sp³-hybridized carbons (Fsp3) is 0.0638. The van der Waals surface area contributed by atoms with Crippen molar-refractivity contribution in [2.45, 2.75) is 19.3 Å². The van der Waals surface area contributed by atoms with Crippen LogP contribution in [0.1, 0.15) is 25.0 Å². The zero-order chi connectivity index (χ0) is 33.1. The van der Waals surface area contributed by atoms with Crippen LogP contribution in [0, 0.1) is 0 Å². The lowest BCUT2D eigenvalue weighted by Crippen LogP contribution is -2.15. The van der Waals surface area contributed by atoms with Crippen LogP contribution in [0.5, 0.6) is 0 Å². The summed E-state index contributed by atoms with van der Waals surface area (Å²) in [7, 11) is 0. The highest BCUT2D eigenvalue weighted by Crippen LogP contribution is 2.52. The van der Waals surface area contributed by atoms with E-state index in [0.29, 0.717) is 0 Å². The van der Waals surface area contributed by atoms with Gasteiger partial charge in [-0.05, 0) is 91.3 Å². The smallest absolute Gasteiger partial charge is 0.136 e. The van der Waals surface area contributed by atoms with Gasteiger partial charge in [-0.1, -0.05) is 117 Å². The molecule has 0 atom stereocenters. The molecule has 7 aromatic carbocycles. The number of rotatable bonds is 2. The lowest BCUT2D eigenvalue weighted by Gasteiger charge is -2.22. The van der Waals surface area contributed by atoms with Crippen LogP contribution in [0.2, 0.25) is 0 Å². The molecule has 50 heavy (non-hydrogen) atoms. The Morgan fingerprint density at radius 2 is 1.20 bits per heavy atom. The average Bonchev–Trinajstić information content (AvgIpc) is 3.64. The summed E-state index contributed by atoms with van der Waals surface area (Å²) in [5, 5.41) is 9.44. The van der Waals surface area contributed by atoms with Crippen LogP contribution < -0.4 is 0 Å². The van der Waals surface area contributed by atoms with Gasteiger partial charge >= 0.3 is 0 Å². The maximum absolute atomic E-state index is 6.33. The van der Waals surface area contributed by atoms with E-state index >= 15 is 0 Å². The van der Waals surface area contributed by atoms with Crippen molar-refractivity contribution in [3.8, 4) is 33.5 Å². The van der Waals surface area contributed by atoms with Gasteiger partial charge in [-0.25, -0.2) is 4.98 Å². The first kappa shape index (κ1) is 27.6. The number of nitrogens with zero attached hydrogens (tertiary/aromatic N) is 2. The summed E-state index contributed by atoms with van der Waals surface area (Å²) < 4.78 is 6.33. The third kappa shape index (κ3) is 3.75. The van der Waals surface area contributed by atoms with E-state index in [9.17, 15) is 0 Å². The second kappa shape index (κ2) is 9.87. The molecule has 0 amide bonds. The van der Waals surface area contributed by atoms with Crippen LogP contribution in [0.25, 0.3) is 98.8 Å². The number of pyridine rings is 2. The Bertz CT molecular complexity index is 3080. The van der Waals surface area contributed by atoms with E-state index in [1.165, 1.54) is 65.7 Å². The van der Waals surface area contributed by atoms with Crippen molar-refractivity contribution in [3.63, 3.8) is 0 Å². The fourth-order valence-corrected chi connectivity index (χ4v) is 8.58. The summed E-state index contributed by atoms with van der Waals surface area (Å²) in [6, 6.07) is 50.5. The lowest BCUT2D eigenvalue weighted by molar-refractivity contribution is 0.658. The number of hydrogen-bond donors (Lipinski definition) is 0. The maximum atomic E-state index is 6.33. The topological polar surface area (TPSA) is 38.9 Å². The molecule has 0 radical (unpaired) electrons. The molecule has 0 bridgehead atoms. The minimum atomic E-state index is -0.170. The van der Waals surface area contributed by atoms with E-state index < -0.39 is 0 Å². The standard InChI is InChI=1S/C47H30N2O/c1-47(2)39-24-30(16-18-33(39)37-26-43-38(25-40(37)47)35-11-5-6-12-42(35)50-43)32-20-21-34(36-19-15-27-8-3-4-10-31(27)44(32)36)41-22-17-29-14-13-28-9-7-23-48-45(28)46(29)49-41/h3-26H,1-2H3. The van der Waals surface area contributed by atoms with Crippen molar-refractivity contribution in [3.05, 3.63) is 157 Å².